The first-order valence-electron chi connectivity index (χ1n) is 15.9. The fourth-order valence-corrected chi connectivity index (χ4v) is 5.89. The molecule has 2 heterocycles. The number of ether oxygens (including phenoxy) is 5. The molecule has 2 aromatic carbocycles. The highest BCUT2D eigenvalue weighted by Gasteiger charge is 2.49. The number of esters is 1. The van der Waals surface area contributed by atoms with E-state index in [0.29, 0.717) is 27.0 Å². The zero-order chi connectivity index (χ0) is 38.3. The summed E-state index contributed by atoms with van der Waals surface area (Å²) in [6.45, 7) is -2.35. The Bertz CT molecular complexity index is 1450. The van der Waals surface area contributed by atoms with Crippen molar-refractivity contribution in [2.75, 3.05) is 25.1 Å². The number of hydrogen-bond acceptors (Lipinski definition) is 18. The van der Waals surface area contributed by atoms with E-state index in [0.717, 1.165) is 0 Å². The number of carbonyl (C=O) groups excluding carboxylic acids is 2. The quantitative estimate of drug-likeness (QED) is 0.0602. The minimum absolute atomic E-state index is 0.0737. The van der Waals surface area contributed by atoms with Gasteiger partial charge >= 0.3 is 5.97 Å². The molecule has 0 aliphatic carbocycles. The Hall–Kier alpha value is -2.60. The molecule has 2 aliphatic heterocycles. The summed E-state index contributed by atoms with van der Waals surface area (Å²) in [6, 6.07) is 11.4. The predicted molar refractivity (Wildman–Crippen MR) is 176 cm³/mol. The van der Waals surface area contributed by atoms with E-state index in [-0.39, 0.29) is 6.29 Å². The molecule has 0 amide bonds. The van der Waals surface area contributed by atoms with Crippen LogP contribution in [0, 0.1) is 0 Å². The molecule has 0 bridgehead atoms. The van der Waals surface area contributed by atoms with Gasteiger partial charge in [0.25, 0.3) is 0 Å². The van der Waals surface area contributed by atoms with E-state index in [4.69, 9.17) is 46.9 Å². The van der Waals surface area contributed by atoms with Crippen LogP contribution in [0.4, 0.5) is 11.4 Å². The third-order valence-corrected chi connectivity index (χ3v) is 9.05. The molecule has 2 fully saturated rings. The van der Waals surface area contributed by atoms with Gasteiger partial charge in [0.1, 0.15) is 67.1 Å². The van der Waals surface area contributed by atoms with Crippen LogP contribution in [0.15, 0.2) is 42.5 Å². The van der Waals surface area contributed by atoms with Gasteiger partial charge in [-0.25, -0.2) is 0 Å². The molecular weight excluding hydrogens is 741 g/mol. The van der Waals surface area contributed by atoms with Crippen molar-refractivity contribution >= 4 is 46.8 Å². The second-order valence-corrected chi connectivity index (χ2v) is 12.9. The van der Waals surface area contributed by atoms with Gasteiger partial charge in [0.05, 0.1) is 42.0 Å². The van der Waals surface area contributed by atoms with Crippen molar-refractivity contribution in [3.8, 4) is 0 Å². The van der Waals surface area contributed by atoms with E-state index in [9.17, 15) is 60.7 Å². The molecule has 4 rings (SSSR count). The monoisotopic (exact) mass is 781 g/mol. The van der Waals surface area contributed by atoms with Crippen LogP contribution < -0.4 is 5.32 Å². The molecule has 20 heteroatoms. The lowest BCUT2D eigenvalue weighted by Crippen LogP contribution is -2.62. The molecule has 290 valence electrons. The summed E-state index contributed by atoms with van der Waals surface area (Å²) in [4.78, 5) is 24.1. The van der Waals surface area contributed by atoms with Crippen LogP contribution in [-0.2, 0) is 39.7 Å². The number of rotatable bonds is 16. The number of anilines is 2. The highest BCUT2D eigenvalue weighted by atomic mass is 35.5. The predicted octanol–water partition coefficient (Wildman–Crippen LogP) is -2.89. The first-order chi connectivity index (χ1) is 24.7. The highest BCUT2D eigenvalue weighted by molar-refractivity contribution is 6.39. The second-order valence-electron chi connectivity index (χ2n) is 12.1. The van der Waals surface area contributed by atoms with Gasteiger partial charge in [-0.2, -0.15) is 0 Å². The molecule has 2 saturated heterocycles. The summed E-state index contributed by atoms with van der Waals surface area (Å²) in [5, 5.41) is 106. The maximum Gasteiger partial charge on any atom is 0.310 e. The topological polar surface area (TPSA) is 295 Å². The third-order valence-electron chi connectivity index (χ3n) is 8.42. The summed E-state index contributed by atoms with van der Waals surface area (Å²) < 4.78 is 27.4. The molecule has 0 spiro atoms. The molecule has 14 atom stereocenters. The van der Waals surface area contributed by atoms with Crippen molar-refractivity contribution in [3.05, 3.63) is 58.1 Å². The van der Waals surface area contributed by atoms with E-state index in [1.807, 2.05) is 0 Å². The average molecular weight is 783 g/mol. The number of aliphatic hydroxyl groups is 10. The smallest absolute Gasteiger partial charge is 0.310 e. The van der Waals surface area contributed by atoms with Crippen molar-refractivity contribution in [3.63, 3.8) is 0 Å². The number of aliphatic hydroxyl groups excluding tert-OH is 10. The van der Waals surface area contributed by atoms with Gasteiger partial charge in [-0.05, 0) is 23.8 Å². The van der Waals surface area contributed by atoms with Crippen LogP contribution in [-0.4, -0.2) is 169 Å². The maximum absolute atomic E-state index is 13.3. The Balaban J connectivity index is 1.50. The van der Waals surface area contributed by atoms with Crippen LogP contribution in [0.1, 0.15) is 5.56 Å². The summed E-state index contributed by atoms with van der Waals surface area (Å²) in [7, 11) is 0. The van der Waals surface area contributed by atoms with E-state index in [1.54, 1.807) is 42.5 Å². The van der Waals surface area contributed by atoms with Crippen LogP contribution >= 0.6 is 23.2 Å². The number of carbonyl (C=O) groups is 2. The molecule has 0 saturated carbocycles. The maximum atomic E-state index is 13.3. The number of halogens is 2. The van der Waals surface area contributed by atoms with Gasteiger partial charge in [0.15, 0.2) is 25.0 Å². The summed E-state index contributed by atoms with van der Waals surface area (Å²) in [5.74, 6) is -0.964. The Morgan fingerprint density at radius 3 is 2.10 bits per heavy atom. The summed E-state index contributed by atoms with van der Waals surface area (Å²) in [5.41, 5.74) is 1.17. The Kier molecular flexibility index (Phi) is 15.5. The number of hydrogen-bond donors (Lipinski definition) is 11. The molecule has 52 heavy (non-hydrogen) atoms. The van der Waals surface area contributed by atoms with E-state index >= 15 is 0 Å². The zero-order valence-electron chi connectivity index (χ0n) is 27.1. The van der Waals surface area contributed by atoms with Gasteiger partial charge in [-0.3, -0.25) is 4.79 Å². The highest BCUT2D eigenvalue weighted by Crippen LogP contribution is 2.34. The summed E-state index contributed by atoms with van der Waals surface area (Å²) in [6.07, 6.45) is -26.1. The lowest BCUT2D eigenvalue weighted by atomic mass is 9.98. The average Bonchev–Trinajstić information content (AvgIpc) is 3.13. The van der Waals surface area contributed by atoms with Crippen LogP contribution in [0.5, 0.6) is 0 Å². The van der Waals surface area contributed by atoms with Crippen molar-refractivity contribution in [2.45, 2.75) is 92.2 Å². The number of aldehydes is 1. The molecule has 2 aromatic rings. The molecule has 11 N–H and O–H groups in total. The number of para-hydroxylation sites is 2. The Morgan fingerprint density at radius 2 is 1.44 bits per heavy atom. The minimum Gasteiger partial charge on any atom is -0.454 e. The second kappa shape index (κ2) is 19.1. The lowest BCUT2D eigenvalue weighted by Gasteiger charge is -2.43. The fourth-order valence-electron chi connectivity index (χ4n) is 5.40. The lowest BCUT2D eigenvalue weighted by molar-refractivity contribution is -0.334. The van der Waals surface area contributed by atoms with E-state index in [2.05, 4.69) is 5.32 Å². The van der Waals surface area contributed by atoms with Crippen molar-refractivity contribution in [2.24, 2.45) is 0 Å². The van der Waals surface area contributed by atoms with Crippen molar-refractivity contribution in [1.29, 1.82) is 0 Å². The van der Waals surface area contributed by atoms with Gasteiger partial charge in [-0.15, -0.1) is 0 Å². The Morgan fingerprint density at radius 1 is 0.808 bits per heavy atom. The molecule has 0 radical (unpaired) electrons. The van der Waals surface area contributed by atoms with E-state index < -0.39 is 118 Å². The number of benzene rings is 2. The summed E-state index contributed by atoms with van der Waals surface area (Å²) >= 11 is 12.6. The third kappa shape index (κ3) is 10.1. The largest absolute Gasteiger partial charge is 0.454 e. The zero-order valence-corrected chi connectivity index (χ0v) is 28.6. The fraction of sp³-hybridized carbons (Fsp3) is 0.562. The van der Waals surface area contributed by atoms with Crippen molar-refractivity contribution < 1.29 is 84.3 Å². The minimum atomic E-state index is -2.13. The Labute approximate surface area is 306 Å². The first-order valence-corrected chi connectivity index (χ1v) is 16.6. The standard InChI is InChI=1S/C32H41Cl2NO17/c33-14-5-3-6-15(34)22(14)35-16-7-2-1-4-13(16)8-21(40)52-30-28(46)26(44)20(12-49-31-29(47)27(45)25(43)19(10-37)50-31)51-32(30)48-11-18(39)24(42)23(41)17(38)9-36/h1-7,9,17-20,23-32,35,37-39,41-47H,8,10-12H2/t17-,18+,19+,20+,23+,24+,25+,26+,27-,28-,29+,30+,31-,32-/m0/s1. The normalized spacial score (nSPS) is 31.6. The molecule has 0 aromatic heterocycles. The van der Waals surface area contributed by atoms with Gasteiger partial charge in [0.2, 0.25) is 0 Å². The van der Waals surface area contributed by atoms with Crippen LogP contribution in [0.3, 0.4) is 0 Å². The van der Waals surface area contributed by atoms with Gasteiger partial charge < -0.3 is 84.9 Å². The number of nitrogens with one attached hydrogen (secondary N) is 1. The van der Waals surface area contributed by atoms with Gasteiger partial charge in [0, 0.05) is 5.69 Å². The SMILES string of the molecule is O=C[C@H](O)[C@@H](O)[C@H](O)[C@H](O)CO[C@H]1O[C@H](CO[C@H]2O[C@H](CO)[C@@H](O)[C@H](O)[C@H]2O)[C@@H](O)[C@H](O)[C@H]1OC(=O)Cc1ccccc1Nc1c(Cl)cccc1Cl. The molecule has 0 unspecified atom stereocenters. The van der Waals surface area contributed by atoms with Crippen LogP contribution in [0.2, 0.25) is 10.0 Å². The van der Waals surface area contributed by atoms with Crippen molar-refractivity contribution in [1.82, 2.24) is 0 Å². The molecular formula is C32H41Cl2NO17. The van der Waals surface area contributed by atoms with Crippen LogP contribution in [0.25, 0.3) is 0 Å². The van der Waals surface area contributed by atoms with Gasteiger partial charge in [-0.1, -0.05) is 47.5 Å². The molecule has 2 aliphatic rings. The first kappa shape index (κ1) is 42.1. The molecule has 18 nitrogen and oxygen atoms in total. The van der Waals surface area contributed by atoms with E-state index in [1.165, 1.54) is 0 Å².